The molecule has 2 aromatic heterocycles. The summed E-state index contributed by atoms with van der Waals surface area (Å²) in [6.45, 7) is 5.20. The molecule has 0 aliphatic heterocycles. The van der Waals surface area contributed by atoms with Crippen LogP contribution in [0.4, 0.5) is 0 Å². The highest BCUT2D eigenvalue weighted by Crippen LogP contribution is 2.12. The molecule has 0 bridgehead atoms. The fourth-order valence-electron chi connectivity index (χ4n) is 1.80. The van der Waals surface area contributed by atoms with Crippen molar-refractivity contribution < 1.29 is 9.90 Å². The Balaban J connectivity index is 2.76. The molecular weight excluding hydrogens is 236 g/mol. The van der Waals surface area contributed by atoms with E-state index in [4.69, 9.17) is 5.11 Å². The summed E-state index contributed by atoms with van der Waals surface area (Å²) in [4.78, 5) is 27.0. The summed E-state index contributed by atoms with van der Waals surface area (Å²) in [5.41, 5.74) is 0.708. The van der Waals surface area contributed by atoms with Crippen LogP contribution in [0.2, 0.25) is 0 Å². The van der Waals surface area contributed by atoms with Crippen LogP contribution in [-0.4, -0.2) is 30.2 Å². The summed E-state index contributed by atoms with van der Waals surface area (Å²) < 4.78 is 2.30. The molecule has 96 valence electrons. The van der Waals surface area contributed by atoms with Crippen LogP contribution in [0.25, 0.3) is 5.65 Å². The van der Waals surface area contributed by atoms with Crippen molar-refractivity contribution in [3.8, 4) is 0 Å². The molecule has 0 spiro atoms. The summed E-state index contributed by atoms with van der Waals surface area (Å²) in [7, 11) is 0. The van der Waals surface area contributed by atoms with Gasteiger partial charge in [0.05, 0.1) is 0 Å². The first-order chi connectivity index (χ1) is 8.40. The summed E-state index contributed by atoms with van der Waals surface area (Å²) in [5, 5.41) is 12.7. The van der Waals surface area contributed by atoms with Gasteiger partial charge in [0.1, 0.15) is 12.4 Å². The van der Waals surface area contributed by atoms with Crippen LogP contribution in [0.5, 0.6) is 0 Å². The largest absolute Gasteiger partial charge is 0.480 e. The van der Waals surface area contributed by atoms with Gasteiger partial charge in [-0.15, -0.1) is 5.10 Å². The molecule has 0 unspecified atom stereocenters. The second kappa shape index (κ2) is 4.25. The minimum Gasteiger partial charge on any atom is -0.480 e. The van der Waals surface area contributed by atoms with Crippen molar-refractivity contribution in [2.45, 2.75) is 33.2 Å². The first-order valence-electron chi connectivity index (χ1n) is 5.59. The fourth-order valence-corrected chi connectivity index (χ4v) is 1.80. The third-order valence-electron chi connectivity index (χ3n) is 2.52. The van der Waals surface area contributed by atoms with Crippen LogP contribution in [-0.2, 0) is 11.3 Å². The molecule has 0 amide bonds. The zero-order chi connectivity index (χ0) is 13.4. The number of carbonyl (C=O) groups is 1. The first kappa shape index (κ1) is 12.3. The average molecular weight is 250 g/mol. The van der Waals surface area contributed by atoms with E-state index in [-0.39, 0.29) is 5.92 Å². The zero-order valence-corrected chi connectivity index (χ0v) is 10.4. The molecular formula is C11H14N4O3. The lowest BCUT2D eigenvalue weighted by atomic mass is 10.2. The van der Waals surface area contributed by atoms with E-state index in [1.54, 1.807) is 6.07 Å². The predicted molar refractivity (Wildman–Crippen MR) is 63.7 cm³/mol. The highest BCUT2D eigenvalue weighted by Gasteiger charge is 2.16. The molecule has 2 heterocycles. The topological polar surface area (TPSA) is 89.5 Å². The predicted octanol–water partition coefficient (Wildman–Crippen LogP) is 0.407. The van der Waals surface area contributed by atoms with Gasteiger partial charge in [-0.1, -0.05) is 13.8 Å². The van der Waals surface area contributed by atoms with Crippen molar-refractivity contribution in [2.75, 3.05) is 0 Å². The van der Waals surface area contributed by atoms with E-state index in [1.165, 1.54) is 4.40 Å². The van der Waals surface area contributed by atoms with Crippen LogP contribution in [0, 0.1) is 6.92 Å². The van der Waals surface area contributed by atoms with Crippen molar-refractivity contribution >= 4 is 11.6 Å². The van der Waals surface area contributed by atoms with Crippen molar-refractivity contribution in [3.63, 3.8) is 0 Å². The van der Waals surface area contributed by atoms with Gasteiger partial charge < -0.3 is 5.11 Å². The van der Waals surface area contributed by atoms with Gasteiger partial charge in [0.25, 0.3) is 0 Å². The molecule has 0 fully saturated rings. The third-order valence-corrected chi connectivity index (χ3v) is 2.52. The number of nitrogens with zero attached hydrogens (tertiary/aromatic N) is 4. The summed E-state index contributed by atoms with van der Waals surface area (Å²) in [6, 6.07) is 1.66. The Kier molecular flexibility index (Phi) is 2.90. The summed E-state index contributed by atoms with van der Waals surface area (Å²) in [5.74, 6) is -0.462. The van der Waals surface area contributed by atoms with Gasteiger partial charge in [-0.3, -0.25) is 4.79 Å². The van der Waals surface area contributed by atoms with Crippen molar-refractivity contribution in [2.24, 2.45) is 0 Å². The van der Waals surface area contributed by atoms with Crippen LogP contribution < -0.4 is 5.69 Å². The Bertz CT molecular complexity index is 669. The maximum absolute atomic E-state index is 12.1. The second-order valence-electron chi connectivity index (χ2n) is 4.44. The summed E-state index contributed by atoms with van der Waals surface area (Å²) >= 11 is 0. The van der Waals surface area contributed by atoms with Gasteiger partial charge >= 0.3 is 11.7 Å². The number of aromatic nitrogens is 4. The molecule has 7 nitrogen and oxygen atoms in total. The summed E-state index contributed by atoms with van der Waals surface area (Å²) in [6.07, 6.45) is 0. The van der Waals surface area contributed by atoms with Crippen LogP contribution in [0.1, 0.15) is 31.3 Å². The van der Waals surface area contributed by atoms with Crippen LogP contribution in [0.15, 0.2) is 10.9 Å². The number of hydrogen-bond donors (Lipinski definition) is 1. The van der Waals surface area contributed by atoms with Gasteiger partial charge in [0, 0.05) is 17.7 Å². The number of hydrogen-bond acceptors (Lipinski definition) is 4. The van der Waals surface area contributed by atoms with E-state index >= 15 is 0 Å². The lowest BCUT2D eigenvalue weighted by molar-refractivity contribution is -0.137. The quantitative estimate of drug-likeness (QED) is 0.852. The number of carboxylic acids is 1. The minimum atomic E-state index is -1.10. The standard InChI is InChI=1S/C11H14N4O3/c1-6(2)10-12-7(3)4-8-13-14(5-9(16)17)11(18)15(8)10/h4,6H,5H2,1-3H3,(H,16,17). The van der Waals surface area contributed by atoms with E-state index in [0.29, 0.717) is 11.5 Å². The normalized spacial score (nSPS) is 11.3. The Morgan fingerprint density at radius 3 is 2.72 bits per heavy atom. The van der Waals surface area contributed by atoms with Gasteiger partial charge in [-0.2, -0.15) is 0 Å². The van der Waals surface area contributed by atoms with E-state index in [9.17, 15) is 9.59 Å². The van der Waals surface area contributed by atoms with E-state index in [1.807, 2.05) is 20.8 Å². The number of carboxylic acid groups (broad SMARTS) is 1. The number of fused-ring (bicyclic) bond motifs is 1. The molecule has 0 aliphatic carbocycles. The fraction of sp³-hybridized carbons (Fsp3) is 0.455. The molecule has 0 radical (unpaired) electrons. The highest BCUT2D eigenvalue weighted by molar-refractivity contribution is 5.66. The molecule has 0 saturated heterocycles. The van der Waals surface area contributed by atoms with E-state index in [0.717, 1.165) is 10.4 Å². The first-order valence-corrected chi connectivity index (χ1v) is 5.59. The lowest BCUT2D eigenvalue weighted by Gasteiger charge is -2.07. The highest BCUT2D eigenvalue weighted by atomic mass is 16.4. The smallest absolute Gasteiger partial charge is 0.352 e. The number of aryl methyl sites for hydroxylation is 1. The van der Waals surface area contributed by atoms with Crippen LogP contribution in [0.3, 0.4) is 0 Å². The molecule has 0 saturated carbocycles. The molecule has 0 aromatic carbocycles. The molecule has 1 N–H and O–H groups in total. The van der Waals surface area contributed by atoms with E-state index < -0.39 is 18.2 Å². The molecule has 2 aromatic rings. The lowest BCUT2D eigenvalue weighted by Crippen LogP contribution is -2.26. The van der Waals surface area contributed by atoms with E-state index in [2.05, 4.69) is 10.1 Å². The Morgan fingerprint density at radius 2 is 2.17 bits per heavy atom. The molecule has 2 rings (SSSR count). The zero-order valence-electron chi connectivity index (χ0n) is 10.4. The molecule has 0 atom stereocenters. The Morgan fingerprint density at radius 1 is 1.50 bits per heavy atom. The molecule has 18 heavy (non-hydrogen) atoms. The SMILES string of the molecule is Cc1cc2nn(CC(=O)O)c(=O)n2c(C(C)C)n1. The van der Waals surface area contributed by atoms with Crippen molar-refractivity contribution in [1.82, 2.24) is 19.2 Å². The van der Waals surface area contributed by atoms with Crippen molar-refractivity contribution in [1.29, 1.82) is 0 Å². The van der Waals surface area contributed by atoms with Crippen LogP contribution >= 0.6 is 0 Å². The third kappa shape index (κ3) is 1.99. The van der Waals surface area contributed by atoms with Gasteiger partial charge in [0.2, 0.25) is 0 Å². The Labute approximate surface area is 103 Å². The van der Waals surface area contributed by atoms with Gasteiger partial charge in [-0.25, -0.2) is 18.9 Å². The molecule has 7 heteroatoms. The van der Waals surface area contributed by atoms with Gasteiger partial charge in [0.15, 0.2) is 5.65 Å². The number of aliphatic carboxylic acids is 1. The maximum atomic E-state index is 12.1. The van der Waals surface area contributed by atoms with Crippen molar-refractivity contribution in [3.05, 3.63) is 28.1 Å². The van der Waals surface area contributed by atoms with Gasteiger partial charge in [-0.05, 0) is 6.92 Å². The molecule has 0 aliphatic rings. The number of rotatable bonds is 3. The minimum absolute atomic E-state index is 0.0487. The maximum Gasteiger partial charge on any atom is 0.352 e. The monoisotopic (exact) mass is 250 g/mol. The Hall–Kier alpha value is -2.18. The second-order valence-corrected chi connectivity index (χ2v) is 4.44. The average Bonchev–Trinajstić information content (AvgIpc) is 2.53.